The van der Waals surface area contributed by atoms with Crippen LogP contribution in [0.3, 0.4) is 0 Å². The van der Waals surface area contributed by atoms with Gasteiger partial charge in [0, 0.05) is 31.2 Å². The molecule has 19 heavy (non-hydrogen) atoms. The van der Waals surface area contributed by atoms with E-state index in [0.717, 1.165) is 19.0 Å². The Labute approximate surface area is 113 Å². The molecular formula is C15H21FN2O. The lowest BCUT2D eigenvalue weighted by molar-refractivity contribution is 0.371. The molecule has 1 saturated carbocycles. The predicted molar refractivity (Wildman–Crippen MR) is 74.3 cm³/mol. The lowest BCUT2D eigenvalue weighted by Gasteiger charge is -2.40. The van der Waals surface area contributed by atoms with Crippen molar-refractivity contribution < 1.29 is 9.13 Å². The average Bonchev–Trinajstić information content (AvgIpc) is 3.25. The number of ether oxygens (including phenoxy) is 1. The molecule has 1 aliphatic carbocycles. The molecule has 0 amide bonds. The summed E-state index contributed by atoms with van der Waals surface area (Å²) in [6, 6.07) is 5.78. The van der Waals surface area contributed by atoms with Crippen LogP contribution in [-0.4, -0.2) is 32.3 Å². The van der Waals surface area contributed by atoms with Crippen LogP contribution in [0.25, 0.3) is 0 Å². The summed E-state index contributed by atoms with van der Waals surface area (Å²) in [5.74, 6) is 1.33. The summed E-state index contributed by atoms with van der Waals surface area (Å²) in [7, 11) is 1.62. The van der Waals surface area contributed by atoms with Crippen LogP contribution in [0.1, 0.15) is 19.8 Å². The molecule has 1 N–H and O–H groups in total. The molecule has 1 heterocycles. The summed E-state index contributed by atoms with van der Waals surface area (Å²) in [4.78, 5) is 2.18. The largest absolute Gasteiger partial charge is 0.497 e. The molecule has 3 nitrogen and oxygen atoms in total. The minimum Gasteiger partial charge on any atom is -0.497 e. The number of halogens is 1. The van der Waals surface area contributed by atoms with Crippen LogP contribution in [-0.2, 0) is 0 Å². The molecular weight excluding hydrogens is 243 g/mol. The van der Waals surface area contributed by atoms with E-state index in [1.165, 1.54) is 18.9 Å². The third-order valence-electron chi connectivity index (χ3n) is 4.25. The summed E-state index contributed by atoms with van der Waals surface area (Å²) in [6.07, 6.45) is 2.61. The van der Waals surface area contributed by atoms with Gasteiger partial charge in [0.2, 0.25) is 0 Å². The number of anilines is 1. The molecule has 2 atom stereocenters. The molecule has 2 unspecified atom stereocenters. The summed E-state index contributed by atoms with van der Waals surface area (Å²) in [5.41, 5.74) is 0.666. The molecule has 4 heteroatoms. The third kappa shape index (κ3) is 2.54. The molecule has 2 aliphatic rings. The quantitative estimate of drug-likeness (QED) is 0.907. The van der Waals surface area contributed by atoms with E-state index in [2.05, 4.69) is 17.1 Å². The molecule has 0 aromatic heterocycles. The van der Waals surface area contributed by atoms with E-state index >= 15 is 0 Å². The molecule has 0 radical (unpaired) electrons. The predicted octanol–water partition coefficient (Wildman–Crippen LogP) is 2.41. The van der Waals surface area contributed by atoms with Gasteiger partial charge < -0.3 is 15.0 Å². The molecule has 1 aliphatic heterocycles. The van der Waals surface area contributed by atoms with Crippen LogP contribution in [0.15, 0.2) is 18.2 Å². The van der Waals surface area contributed by atoms with Crippen molar-refractivity contribution in [3.63, 3.8) is 0 Å². The number of nitrogens with zero attached hydrogens (tertiary/aromatic N) is 1. The van der Waals surface area contributed by atoms with E-state index in [9.17, 15) is 4.39 Å². The zero-order valence-corrected chi connectivity index (χ0v) is 11.5. The molecule has 0 bridgehead atoms. The number of hydrogen-bond donors (Lipinski definition) is 1. The van der Waals surface area contributed by atoms with Crippen molar-refractivity contribution >= 4 is 5.69 Å². The van der Waals surface area contributed by atoms with Gasteiger partial charge in [-0.2, -0.15) is 0 Å². The first kappa shape index (κ1) is 12.7. The standard InChI is InChI=1S/C15H21FN2O/c1-10-8-17-14(11-3-4-11)9-18(10)15-7-12(19-2)5-6-13(15)16/h5-7,10-11,14,17H,3-4,8-9H2,1-2H3. The second-order valence-corrected chi connectivity index (χ2v) is 5.67. The van der Waals surface area contributed by atoms with Gasteiger partial charge >= 0.3 is 0 Å². The van der Waals surface area contributed by atoms with Crippen LogP contribution in [0.2, 0.25) is 0 Å². The van der Waals surface area contributed by atoms with E-state index in [-0.39, 0.29) is 5.82 Å². The zero-order valence-electron chi connectivity index (χ0n) is 11.5. The van der Waals surface area contributed by atoms with Gasteiger partial charge in [0.1, 0.15) is 11.6 Å². The molecule has 104 valence electrons. The first-order valence-corrected chi connectivity index (χ1v) is 7.02. The molecule has 1 aromatic rings. The molecule has 0 spiro atoms. The van der Waals surface area contributed by atoms with Crippen LogP contribution in [0.4, 0.5) is 10.1 Å². The van der Waals surface area contributed by atoms with Crippen molar-refractivity contribution in [2.24, 2.45) is 5.92 Å². The first-order valence-electron chi connectivity index (χ1n) is 7.02. The van der Waals surface area contributed by atoms with Crippen LogP contribution >= 0.6 is 0 Å². The van der Waals surface area contributed by atoms with Crippen molar-refractivity contribution in [3.8, 4) is 5.75 Å². The van der Waals surface area contributed by atoms with Crippen molar-refractivity contribution in [1.82, 2.24) is 5.32 Å². The highest BCUT2D eigenvalue weighted by molar-refractivity contribution is 5.53. The zero-order chi connectivity index (χ0) is 13.4. The maximum Gasteiger partial charge on any atom is 0.146 e. The summed E-state index contributed by atoms with van der Waals surface area (Å²) >= 11 is 0. The number of nitrogens with one attached hydrogen (secondary N) is 1. The third-order valence-corrected chi connectivity index (χ3v) is 4.25. The van der Waals surface area contributed by atoms with Crippen LogP contribution in [0.5, 0.6) is 5.75 Å². The van der Waals surface area contributed by atoms with Gasteiger partial charge in [-0.15, -0.1) is 0 Å². The van der Waals surface area contributed by atoms with Gasteiger partial charge in [0.15, 0.2) is 0 Å². The Morgan fingerprint density at radius 3 is 2.84 bits per heavy atom. The number of methoxy groups -OCH3 is 1. The van der Waals surface area contributed by atoms with Gasteiger partial charge in [0.05, 0.1) is 12.8 Å². The number of hydrogen-bond acceptors (Lipinski definition) is 3. The molecule has 2 fully saturated rings. The monoisotopic (exact) mass is 264 g/mol. The van der Waals surface area contributed by atoms with Gasteiger partial charge in [-0.25, -0.2) is 4.39 Å². The minimum atomic E-state index is -0.163. The number of benzene rings is 1. The van der Waals surface area contributed by atoms with Crippen molar-refractivity contribution in [3.05, 3.63) is 24.0 Å². The second kappa shape index (κ2) is 5.00. The highest BCUT2D eigenvalue weighted by Crippen LogP contribution is 2.36. The van der Waals surface area contributed by atoms with Crippen molar-refractivity contribution in [2.45, 2.75) is 31.8 Å². The SMILES string of the molecule is COc1ccc(F)c(N2CC(C3CC3)NCC2C)c1. The fraction of sp³-hybridized carbons (Fsp3) is 0.600. The van der Waals surface area contributed by atoms with Gasteiger partial charge in [-0.05, 0) is 37.8 Å². The maximum atomic E-state index is 14.1. The summed E-state index contributed by atoms with van der Waals surface area (Å²) < 4.78 is 19.3. The van der Waals surface area contributed by atoms with Crippen LogP contribution in [0, 0.1) is 11.7 Å². The minimum absolute atomic E-state index is 0.163. The molecule has 3 rings (SSSR count). The number of piperazine rings is 1. The Balaban J connectivity index is 1.85. The lowest BCUT2D eigenvalue weighted by atomic mass is 10.0. The fourth-order valence-electron chi connectivity index (χ4n) is 2.88. The van der Waals surface area contributed by atoms with Gasteiger partial charge in [0.25, 0.3) is 0 Å². The Morgan fingerprint density at radius 2 is 2.16 bits per heavy atom. The first-order chi connectivity index (χ1) is 9.19. The van der Waals surface area contributed by atoms with E-state index in [4.69, 9.17) is 4.74 Å². The highest BCUT2D eigenvalue weighted by atomic mass is 19.1. The average molecular weight is 264 g/mol. The summed E-state index contributed by atoms with van der Waals surface area (Å²) in [6.45, 7) is 3.93. The van der Waals surface area contributed by atoms with Gasteiger partial charge in [-0.3, -0.25) is 0 Å². The summed E-state index contributed by atoms with van der Waals surface area (Å²) in [5, 5.41) is 3.58. The fourth-order valence-corrected chi connectivity index (χ4v) is 2.88. The van der Waals surface area contributed by atoms with E-state index < -0.39 is 0 Å². The molecule has 1 saturated heterocycles. The van der Waals surface area contributed by atoms with Crippen molar-refractivity contribution in [1.29, 1.82) is 0 Å². The van der Waals surface area contributed by atoms with E-state index in [0.29, 0.717) is 23.5 Å². The lowest BCUT2D eigenvalue weighted by Crippen LogP contribution is -2.56. The van der Waals surface area contributed by atoms with E-state index in [1.807, 2.05) is 0 Å². The topological polar surface area (TPSA) is 24.5 Å². The van der Waals surface area contributed by atoms with Crippen LogP contribution < -0.4 is 15.0 Å². The second-order valence-electron chi connectivity index (χ2n) is 5.67. The highest BCUT2D eigenvalue weighted by Gasteiger charge is 2.36. The maximum absolute atomic E-state index is 14.1. The van der Waals surface area contributed by atoms with Gasteiger partial charge in [-0.1, -0.05) is 0 Å². The smallest absolute Gasteiger partial charge is 0.146 e. The number of rotatable bonds is 3. The Bertz CT molecular complexity index is 461. The van der Waals surface area contributed by atoms with Crippen molar-refractivity contribution in [2.75, 3.05) is 25.1 Å². The Hall–Kier alpha value is -1.29. The normalized spacial score (nSPS) is 27.4. The Kier molecular flexibility index (Phi) is 3.35. The van der Waals surface area contributed by atoms with E-state index in [1.54, 1.807) is 19.2 Å². The Morgan fingerprint density at radius 1 is 1.37 bits per heavy atom. The molecule has 1 aromatic carbocycles.